The second-order valence-corrected chi connectivity index (χ2v) is 7.05. The van der Waals surface area contributed by atoms with Crippen LogP contribution in [0, 0.1) is 0 Å². The standard InChI is InChI=1S/C9H12BrNO3S/c1-15(13,14)9(10)8(12)6-2-4-7(11)5-3-6/h2-5,8-9,12H,11H2,1H3/t8-,9+/m0/s1. The van der Waals surface area contributed by atoms with Gasteiger partial charge in [0.1, 0.15) is 10.3 Å². The summed E-state index contributed by atoms with van der Waals surface area (Å²) in [6.07, 6.45) is -0.0342. The van der Waals surface area contributed by atoms with Gasteiger partial charge >= 0.3 is 0 Å². The molecule has 2 atom stereocenters. The lowest BCUT2D eigenvalue weighted by atomic mass is 10.1. The zero-order chi connectivity index (χ0) is 11.6. The first-order valence-corrected chi connectivity index (χ1v) is 7.06. The Labute approximate surface area is 97.2 Å². The van der Waals surface area contributed by atoms with E-state index in [1.54, 1.807) is 24.3 Å². The monoisotopic (exact) mass is 293 g/mol. The van der Waals surface area contributed by atoms with Crippen molar-refractivity contribution in [1.82, 2.24) is 0 Å². The molecular weight excluding hydrogens is 282 g/mol. The Morgan fingerprint density at radius 1 is 1.33 bits per heavy atom. The third-order valence-corrected chi connectivity index (χ3v) is 5.55. The minimum Gasteiger partial charge on any atom is -0.399 e. The SMILES string of the molecule is CS(=O)(=O)[C@@H](Br)[C@@H](O)c1ccc(N)cc1. The Morgan fingerprint density at radius 3 is 2.20 bits per heavy atom. The van der Waals surface area contributed by atoms with Gasteiger partial charge in [0, 0.05) is 11.9 Å². The topological polar surface area (TPSA) is 80.4 Å². The number of rotatable bonds is 3. The van der Waals surface area contributed by atoms with Gasteiger partial charge in [-0.25, -0.2) is 8.42 Å². The Morgan fingerprint density at radius 2 is 1.80 bits per heavy atom. The Balaban J connectivity index is 2.95. The maximum absolute atomic E-state index is 11.2. The fraction of sp³-hybridized carbons (Fsp3) is 0.333. The highest BCUT2D eigenvalue weighted by Gasteiger charge is 2.26. The molecule has 1 rings (SSSR count). The number of nitrogen functional groups attached to an aromatic ring is 1. The first kappa shape index (κ1) is 12.5. The molecule has 0 spiro atoms. The first-order valence-electron chi connectivity index (χ1n) is 4.19. The second kappa shape index (κ2) is 4.51. The number of sulfone groups is 1. The van der Waals surface area contributed by atoms with Gasteiger partial charge in [-0.3, -0.25) is 0 Å². The Kier molecular flexibility index (Phi) is 3.75. The fourth-order valence-electron chi connectivity index (χ4n) is 1.08. The molecule has 0 fully saturated rings. The zero-order valence-electron chi connectivity index (χ0n) is 8.09. The van der Waals surface area contributed by atoms with Crippen molar-refractivity contribution in [2.75, 3.05) is 12.0 Å². The third kappa shape index (κ3) is 3.19. The number of benzene rings is 1. The molecule has 3 N–H and O–H groups in total. The lowest BCUT2D eigenvalue weighted by Crippen LogP contribution is -2.21. The molecule has 0 saturated carbocycles. The van der Waals surface area contributed by atoms with E-state index in [9.17, 15) is 13.5 Å². The smallest absolute Gasteiger partial charge is 0.163 e. The minimum absolute atomic E-state index is 0.511. The van der Waals surface area contributed by atoms with E-state index in [0.717, 1.165) is 6.26 Å². The summed E-state index contributed by atoms with van der Waals surface area (Å²) in [5.74, 6) is 0. The average Bonchev–Trinajstić information content (AvgIpc) is 2.15. The molecule has 0 amide bonds. The van der Waals surface area contributed by atoms with Gasteiger partial charge in [0.25, 0.3) is 0 Å². The van der Waals surface area contributed by atoms with Crippen molar-refractivity contribution in [2.24, 2.45) is 0 Å². The molecule has 0 saturated heterocycles. The lowest BCUT2D eigenvalue weighted by Gasteiger charge is -2.15. The largest absolute Gasteiger partial charge is 0.399 e. The van der Waals surface area contributed by atoms with Crippen molar-refractivity contribution in [3.8, 4) is 0 Å². The number of hydrogen-bond donors (Lipinski definition) is 2. The molecule has 4 nitrogen and oxygen atoms in total. The maximum atomic E-state index is 11.2. The van der Waals surface area contributed by atoms with Gasteiger partial charge in [-0.15, -0.1) is 0 Å². The Hall–Kier alpha value is -0.590. The van der Waals surface area contributed by atoms with Gasteiger partial charge in [0.05, 0.1) is 0 Å². The molecule has 0 aliphatic rings. The van der Waals surface area contributed by atoms with Crippen LogP contribution < -0.4 is 5.73 Å². The van der Waals surface area contributed by atoms with E-state index in [1.165, 1.54) is 0 Å². The Bertz CT molecular complexity index is 429. The van der Waals surface area contributed by atoms with E-state index in [1.807, 2.05) is 0 Å². The molecule has 0 radical (unpaired) electrons. The highest BCUT2D eigenvalue weighted by Crippen LogP contribution is 2.26. The maximum Gasteiger partial charge on any atom is 0.163 e. The van der Waals surface area contributed by atoms with Crippen LogP contribution in [0.2, 0.25) is 0 Å². The van der Waals surface area contributed by atoms with Crippen LogP contribution in [0.1, 0.15) is 11.7 Å². The summed E-state index contributed by atoms with van der Waals surface area (Å²) in [5, 5.41) is 9.75. The molecule has 0 bridgehead atoms. The van der Waals surface area contributed by atoms with E-state index in [-0.39, 0.29) is 0 Å². The van der Waals surface area contributed by atoms with Crippen LogP contribution in [0.3, 0.4) is 0 Å². The molecule has 0 aliphatic carbocycles. The van der Waals surface area contributed by atoms with Crippen LogP contribution in [-0.2, 0) is 9.84 Å². The van der Waals surface area contributed by atoms with E-state index >= 15 is 0 Å². The van der Waals surface area contributed by atoms with Crippen molar-refractivity contribution in [3.05, 3.63) is 29.8 Å². The number of aliphatic hydroxyl groups excluding tert-OH is 1. The number of nitrogens with two attached hydrogens (primary N) is 1. The van der Waals surface area contributed by atoms with Crippen molar-refractivity contribution in [2.45, 2.75) is 10.3 Å². The van der Waals surface area contributed by atoms with Gasteiger partial charge in [-0.2, -0.15) is 0 Å². The predicted molar refractivity (Wildman–Crippen MR) is 63.4 cm³/mol. The quantitative estimate of drug-likeness (QED) is 0.645. The number of aliphatic hydroxyl groups is 1. The third-order valence-electron chi connectivity index (χ3n) is 1.94. The van der Waals surface area contributed by atoms with Crippen molar-refractivity contribution >= 4 is 31.5 Å². The highest BCUT2D eigenvalue weighted by molar-refractivity contribution is 9.11. The van der Waals surface area contributed by atoms with Crippen molar-refractivity contribution in [3.63, 3.8) is 0 Å². The molecule has 1 aromatic carbocycles. The number of alkyl halides is 1. The summed E-state index contributed by atoms with van der Waals surface area (Å²) >= 11 is 2.95. The summed E-state index contributed by atoms with van der Waals surface area (Å²) in [7, 11) is -3.32. The van der Waals surface area contributed by atoms with Crippen LogP contribution in [0.25, 0.3) is 0 Å². The summed E-state index contributed by atoms with van der Waals surface area (Å²) in [4.78, 5) is 0. The highest BCUT2D eigenvalue weighted by atomic mass is 79.9. The van der Waals surface area contributed by atoms with Crippen LogP contribution in [0.5, 0.6) is 0 Å². The molecule has 15 heavy (non-hydrogen) atoms. The van der Waals surface area contributed by atoms with Gasteiger partial charge in [0.15, 0.2) is 9.84 Å². The van der Waals surface area contributed by atoms with Gasteiger partial charge < -0.3 is 10.8 Å². The van der Waals surface area contributed by atoms with Crippen LogP contribution in [0.15, 0.2) is 24.3 Å². The summed E-state index contributed by atoms with van der Waals surface area (Å²) in [6, 6.07) is 6.42. The van der Waals surface area contributed by atoms with Crippen molar-refractivity contribution < 1.29 is 13.5 Å². The first-order chi connectivity index (χ1) is 6.82. The number of hydrogen-bond acceptors (Lipinski definition) is 4. The van der Waals surface area contributed by atoms with Gasteiger partial charge in [0.2, 0.25) is 0 Å². The average molecular weight is 294 g/mol. The predicted octanol–water partition coefficient (Wildman–Crippen LogP) is 1.07. The summed E-state index contributed by atoms with van der Waals surface area (Å²) in [5.41, 5.74) is 6.55. The second-order valence-electron chi connectivity index (χ2n) is 3.29. The molecule has 1 aromatic rings. The number of anilines is 1. The van der Waals surface area contributed by atoms with Crippen LogP contribution >= 0.6 is 15.9 Å². The molecule has 0 aromatic heterocycles. The van der Waals surface area contributed by atoms with E-state index in [0.29, 0.717) is 11.3 Å². The van der Waals surface area contributed by atoms with Crippen LogP contribution in [-0.4, -0.2) is 23.9 Å². The van der Waals surface area contributed by atoms with Crippen LogP contribution in [0.4, 0.5) is 5.69 Å². The normalized spacial score (nSPS) is 15.9. The summed E-state index contributed by atoms with van der Waals surface area (Å²) < 4.78 is 21.4. The van der Waals surface area contributed by atoms with Crippen molar-refractivity contribution in [1.29, 1.82) is 0 Å². The zero-order valence-corrected chi connectivity index (χ0v) is 10.5. The molecule has 6 heteroatoms. The lowest BCUT2D eigenvalue weighted by molar-refractivity contribution is 0.195. The minimum atomic E-state index is -3.32. The molecule has 0 unspecified atom stereocenters. The number of halogens is 1. The molecule has 0 aliphatic heterocycles. The molecule has 0 heterocycles. The molecule has 84 valence electrons. The molecular formula is C9H12BrNO3S. The summed E-state index contributed by atoms with van der Waals surface area (Å²) in [6.45, 7) is 0. The van der Waals surface area contributed by atoms with E-state index in [4.69, 9.17) is 5.73 Å². The fourth-order valence-corrected chi connectivity index (χ4v) is 2.01. The van der Waals surface area contributed by atoms with E-state index in [2.05, 4.69) is 15.9 Å². The van der Waals surface area contributed by atoms with Gasteiger partial charge in [-0.05, 0) is 17.7 Å². The van der Waals surface area contributed by atoms with E-state index < -0.39 is 20.1 Å². The van der Waals surface area contributed by atoms with Gasteiger partial charge in [-0.1, -0.05) is 28.1 Å².